The van der Waals surface area contributed by atoms with E-state index in [1.54, 1.807) is 20.0 Å². The lowest BCUT2D eigenvalue weighted by Crippen LogP contribution is -2.19. The van der Waals surface area contributed by atoms with Gasteiger partial charge in [-0.25, -0.2) is 0 Å². The lowest BCUT2D eigenvalue weighted by molar-refractivity contribution is -0.386. The number of nitrogens with zero attached hydrogens (tertiary/aromatic N) is 2. The summed E-state index contributed by atoms with van der Waals surface area (Å²) in [6.45, 7) is 5.49. The molecule has 5 nitrogen and oxygen atoms in total. The number of aryl methyl sites for hydroxylation is 2. The fourth-order valence-corrected chi connectivity index (χ4v) is 1.82. The maximum Gasteiger partial charge on any atom is 0.278 e. The molecule has 1 unspecified atom stereocenters. The summed E-state index contributed by atoms with van der Waals surface area (Å²) in [4.78, 5) is 14.9. The van der Waals surface area contributed by atoms with E-state index >= 15 is 0 Å². The summed E-state index contributed by atoms with van der Waals surface area (Å²) in [5, 5.41) is 10.9. The smallest absolute Gasteiger partial charge is 0.278 e. The summed E-state index contributed by atoms with van der Waals surface area (Å²) in [6, 6.07) is 0.136. The van der Waals surface area contributed by atoms with Crippen molar-refractivity contribution in [2.24, 2.45) is 5.73 Å². The molecular weight excluding hydrogens is 218 g/mol. The van der Waals surface area contributed by atoms with Gasteiger partial charge in [-0.2, -0.15) is 0 Å². The molecule has 0 aliphatic heterocycles. The first-order valence-electron chi connectivity index (χ1n) is 5.82. The third-order valence-corrected chi connectivity index (χ3v) is 3.03. The number of pyridine rings is 1. The Morgan fingerprint density at radius 1 is 1.53 bits per heavy atom. The molecule has 0 aliphatic carbocycles. The average Bonchev–Trinajstić information content (AvgIpc) is 2.27. The Bertz CT molecular complexity index is 418. The van der Waals surface area contributed by atoms with E-state index in [4.69, 9.17) is 5.73 Å². The van der Waals surface area contributed by atoms with E-state index in [0.29, 0.717) is 17.5 Å². The van der Waals surface area contributed by atoms with Crippen LogP contribution in [-0.2, 0) is 6.42 Å². The van der Waals surface area contributed by atoms with Crippen LogP contribution in [-0.4, -0.2) is 15.9 Å². The van der Waals surface area contributed by atoms with Crippen LogP contribution in [0.1, 0.15) is 36.6 Å². The summed E-state index contributed by atoms with van der Waals surface area (Å²) in [5.74, 6) is 0. The van der Waals surface area contributed by atoms with Crippen molar-refractivity contribution < 1.29 is 4.92 Å². The van der Waals surface area contributed by atoms with Gasteiger partial charge in [-0.05, 0) is 33.1 Å². The quantitative estimate of drug-likeness (QED) is 0.629. The molecule has 1 rings (SSSR count). The highest BCUT2D eigenvalue weighted by Crippen LogP contribution is 2.24. The van der Waals surface area contributed by atoms with Crippen molar-refractivity contribution in [3.8, 4) is 0 Å². The number of aromatic nitrogens is 1. The van der Waals surface area contributed by atoms with E-state index < -0.39 is 0 Å². The van der Waals surface area contributed by atoms with Crippen LogP contribution in [0.2, 0.25) is 0 Å². The Labute approximate surface area is 101 Å². The number of nitrogens with two attached hydrogens (primary N) is 1. The van der Waals surface area contributed by atoms with E-state index in [1.165, 1.54) is 0 Å². The summed E-state index contributed by atoms with van der Waals surface area (Å²) in [5.41, 5.74) is 8.07. The normalized spacial score (nSPS) is 12.5. The summed E-state index contributed by atoms with van der Waals surface area (Å²) in [6.07, 6.45) is 3.98. The molecule has 94 valence electrons. The highest BCUT2D eigenvalue weighted by Gasteiger charge is 2.18. The lowest BCUT2D eigenvalue weighted by atomic mass is 10.0. The van der Waals surface area contributed by atoms with Crippen LogP contribution < -0.4 is 5.73 Å². The van der Waals surface area contributed by atoms with Gasteiger partial charge >= 0.3 is 0 Å². The van der Waals surface area contributed by atoms with Gasteiger partial charge in [0.15, 0.2) is 0 Å². The number of rotatable bonds is 5. The molecule has 0 saturated carbocycles. The maximum absolute atomic E-state index is 10.9. The molecular formula is C12H19N3O2. The summed E-state index contributed by atoms with van der Waals surface area (Å²) in [7, 11) is 0. The average molecular weight is 237 g/mol. The van der Waals surface area contributed by atoms with Crippen molar-refractivity contribution in [3.05, 3.63) is 33.1 Å². The molecule has 0 fully saturated rings. The molecule has 0 saturated heterocycles. The molecule has 0 aliphatic rings. The zero-order valence-corrected chi connectivity index (χ0v) is 10.6. The summed E-state index contributed by atoms with van der Waals surface area (Å²) >= 11 is 0. The molecule has 0 amide bonds. The monoisotopic (exact) mass is 237 g/mol. The van der Waals surface area contributed by atoms with Crippen LogP contribution in [0, 0.1) is 24.0 Å². The minimum Gasteiger partial charge on any atom is -0.328 e. The number of nitro groups is 1. The van der Waals surface area contributed by atoms with Gasteiger partial charge < -0.3 is 5.73 Å². The third-order valence-electron chi connectivity index (χ3n) is 3.03. The zero-order chi connectivity index (χ0) is 13.0. The molecule has 1 heterocycles. The van der Waals surface area contributed by atoms with Crippen molar-refractivity contribution in [1.82, 2.24) is 4.98 Å². The SMILES string of the molecule is CCC(N)CCc1ncc(C)c([N+](=O)[O-])c1C. The predicted molar refractivity (Wildman–Crippen MR) is 67.0 cm³/mol. The van der Waals surface area contributed by atoms with E-state index in [0.717, 1.165) is 18.5 Å². The predicted octanol–water partition coefficient (Wildman–Crippen LogP) is 2.28. The number of hydrogen-bond donors (Lipinski definition) is 1. The van der Waals surface area contributed by atoms with E-state index in [9.17, 15) is 10.1 Å². The Hall–Kier alpha value is -1.49. The van der Waals surface area contributed by atoms with Crippen LogP contribution in [0.25, 0.3) is 0 Å². The molecule has 1 atom stereocenters. The second kappa shape index (κ2) is 5.72. The van der Waals surface area contributed by atoms with Gasteiger partial charge in [0.05, 0.1) is 10.6 Å². The van der Waals surface area contributed by atoms with Gasteiger partial charge in [0.2, 0.25) is 0 Å². The van der Waals surface area contributed by atoms with E-state index in [1.807, 2.05) is 6.92 Å². The Morgan fingerprint density at radius 2 is 2.18 bits per heavy atom. The number of hydrogen-bond acceptors (Lipinski definition) is 4. The molecule has 0 radical (unpaired) electrons. The topological polar surface area (TPSA) is 82.0 Å². The fraction of sp³-hybridized carbons (Fsp3) is 0.583. The van der Waals surface area contributed by atoms with Crippen molar-refractivity contribution in [1.29, 1.82) is 0 Å². The second-order valence-electron chi connectivity index (χ2n) is 4.33. The van der Waals surface area contributed by atoms with Gasteiger partial charge in [0.1, 0.15) is 0 Å². The van der Waals surface area contributed by atoms with Crippen LogP contribution >= 0.6 is 0 Å². The molecule has 1 aromatic rings. The molecule has 0 spiro atoms. The maximum atomic E-state index is 10.9. The molecule has 2 N–H and O–H groups in total. The van der Waals surface area contributed by atoms with Gasteiger partial charge in [-0.15, -0.1) is 0 Å². The van der Waals surface area contributed by atoms with Crippen LogP contribution in [0.3, 0.4) is 0 Å². The molecule has 17 heavy (non-hydrogen) atoms. The standard InChI is InChI=1S/C12H19N3O2/c1-4-10(13)5-6-11-9(3)12(15(16)17)8(2)7-14-11/h7,10H,4-6,13H2,1-3H3. The molecule has 0 bridgehead atoms. The van der Waals surface area contributed by atoms with Crippen molar-refractivity contribution in [3.63, 3.8) is 0 Å². The largest absolute Gasteiger partial charge is 0.328 e. The molecule has 1 aromatic heterocycles. The third kappa shape index (κ3) is 3.23. The van der Waals surface area contributed by atoms with Gasteiger partial charge in [0.25, 0.3) is 5.69 Å². The Balaban J connectivity index is 2.95. The Kier molecular flexibility index (Phi) is 4.57. The highest BCUT2D eigenvalue weighted by atomic mass is 16.6. The molecule has 5 heteroatoms. The summed E-state index contributed by atoms with van der Waals surface area (Å²) < 4.78 is 0. The Morgan fingerprint density at radius 3 is 2.71 bits per heavy atom. The van der Waals surface area contributed by atoms with Gasteiger partial charge in [-0.3, -0.25) is 15.1 Å². The van der Waals surface area contributed by atoms with Crippen LogP contribution in [0.4, 0.5) is 5.69 Å². The lowest BCUT2D eigenvalue weighted by Gasteiger charge is -2.10. The highest BCUT2D eigenvalue weighted by molar-refractivity contribution is 5.47. The van der Waals surface area contributed by atoms with E-state index in [-0.39, 0.29) is 16.7 Å². The van der Waals surface area contributed by atoms with Crippen molar-refractivity contribution in [2.45, 2.75) is 46.1 Å². The molecule has 0 aromatic carbocycles. The zero-order valence-electron chi connectivity index (χ0n) is 10.6. The van der Waals surface area contributed by atoms with Gasteiger partial charge in [0, 0.05) is 23.4 Å². The van der Waals surface area contributed by atoms with Crippen molar-refractivity contribution in [2.75, 3.05) is 0 Å². The fourth-order valence-electron chi connectivity index (χ4n) is 1.82. The first-order chi connectivity index (χ1) is 7.97. The van der Waals surface area contributed by atoms with E-state index in [2.05, 4.69) is 4.98 Å². The van der Waals surface area contributed by atoms with Gasteiger partial charge in [-0.1, -0.05) is 6.92 Å². The first kappa shape index (κ1) is 13.6. The minimum absolute atomic E-state index is 0.136. The van der Waals surface area contributed by atoms with Crippen molar-refractivity contribution >= 4 is 5.69 Å². The first-order valence-corrected chi connectivity index (χ1v) is 5.82. The van der Waals surface area contributed by atoms with Crippen LogP contribution in [0.15, 0.2) is 6.20 Å². The minimum atomic E-state index is -0.338. The second-order valence-corrected chi connectivity index (χ2v) is 4.33. The van der Waals surface area contributed by atoms with Crippen LogP contribution in [0.5, 0.6) is 0 Å².